The number of hydrogen-bond donors (Lipinski definition) is 0. The Morgan fingerprint density at radius 3 is 3.40 bits per heavy atom. The first-order valence-corrected chi connectivity index (χ1v) is 3.95. The molecule has 4 heteroatoms. The number of rotatable bonds is 0. The van der Waals surface area contributed by atoms with Gasteiger partial charge in [0.25, 0.3) is 0 Å². The van der Waals surface area contributed by atoms with Crippen LogP contribution in [0.1, 0.15) is 5.69 Å². The van der Waals surface area contributed by atoms with E-state index in [1.54, 1.807) is 0 Å². The van der Waals surface area contributed by atoms with Crippen LogP contribution < -0.4 is 0 Å². The standard InChI is InChI=1S/C6H7BrN2O/c7-5-3-8-9-1-2-10-4-6(5)9/h3H,1-2,4H2. The van der Waals surface area contributed by atoms with E-state index in [0.29, 0.717) is 6.61 Å². The molecule has 0 amide bonds. The highest BCUT2D eigenvalue weighted by atomic mass is 79.9. The average molecular weight is 203 g/mol. The Hall–Kier alpha value is -0.350. The number of nitrogens with zero attached hydrogens (tertiary/aromatic N) is 2. The summed E-state index contributed by atoms with van der Waals surface area (Å²) in [5.41, 5.74) is 1.14. The van der Waals surface area contributed by atoms with Gasteiger partial charge in [0.1, 0.15) is 0 Å². The second kappa shape index (κ2) is 2.36. The molecule has 54 valence electrons. The third-order valence-electron chi connectivity index (χ3n) is 1.58. The maximum absolute atomic E-state index is 5.24. The van der Waals surface area contributed by atoms with Crippen molar-refractivity contribution in [1.82, 2.24) is 9.78 Å². The van der Waals surface area contributed by atoms with E-state index < -0.39 is 0 Å². The van der Waals surface area contributed by atoms with Gasteiger partial charge in [-0.15, -0.1) is 0 Å². The summed E-state index contributed by atoms with van der Waals surface area (Å²) >= 11 is 3.39. The van der Waals surface area contributed by atoms with E-state index in [2.05, 4.69) is 21.0 Å². The topological polar surface area (TPSA) is 27.1 Å². The second-order valence-electron chi connectivity index (χ2n) is 2.21. The molecule has 3 nitrogen and oxygen atoms in total. The fraction of sp³-hybridized carbons (Fsp3) is 0.500. The lowest BCUT2D eigenvalue weighted by Crippen LogP contribution is -2.17. The van der Waals surface area contributed by atoms with Gasteiger partial charge in [0, 0.05) is 0 Å². The summed E-state index contributed by atoms with van der Waals surface area (Å²) in [5.74, 6) is 0. The molecule has 0 atom stereocenters. The maximum atomic E-state index is 5.24. The highest BCUT2D eigenvalue weighted by molar-refractivity contribution is 9.10. The third-order valence-corrected chi connectivity index (χ3v) is 2.25. The Morgan fingerprint density at radius 1 is 1.70 bits per heavy atom. The largest absolute Gasteiger partial charge is 0.373 e. The van der Waals surface area contributed by atoms with Gasteiger partial charge in [-0.1, -0.05) is 0 Å². The number of fused-ring (bicyclic) bond motifs is 1. The molecule has 0 bridgehead atoms. The van der Waals surface area contributed by atoms with Gasteiger partial charge < -0.3 is 4.74 Å². The summed E-state index contributed by atoms with van der Waals surface area (Å²) in [6.45, 7) is 2.34. The van der Waals surface area contributed by atoms with Gasteiger partial charge in [-0.05, 0) is 15.9 Å². The highest BCUT2D eigenvalue weighted by Crippen LogP contribution is 2.18. The highest BCUT2D eigenvalue weighted by Gasteiger charge is 2.12. The van der Waals surface area contributed by atoms with E-state index in [1.165, 1.54) is 0 Å². The molecule has 10 heavy (non-hydrogen) atoms. The summed E-state index contributed by atoms with van der Waals surface area (Å²) in [4.78, 5) is 0. The van der Waals surface area contributed by atoms with Crippen LogP contribution in [0.2, 0.25) is 0 Å². The van der Waals surface area contributed by atoms with E-state index in [1.807, 2.05) is 10.9 Å². The molecule has 0 aliphatic carbocycles. The zero-order valence-electron chi connectivity index (χ0n) is 5.38. The Bertz CT molecular complexity index is 246. The van der Waals surface area contributed by atoms with Crippen molar-refractivity contribution >= 4 is 15.9 Å². The van der Waals surface area contributed by atoms with Gasteiger partial charge >= 0.3 is 0 Å². The first-order chi connectivity index (χ1) is 4.88. The predicted octanol–water partition coefficient (Wildman–Crippen LogP) is 1.18. The Balaban J connectivity index is 2.45. The molecule has 0 N–H and O–H groups in total. The molecular weight excluding hydrogens is 196 g/mol. The summed E-state index contributed by atoms with van der Waals surface area (Å²) in [6.07, 6.45) is 1.81. The van der Waals surface area contributed by atoms with Crippen LogP contribution in [0.15, 0.2) is 10.7 Å². The predicted molar refractivity (Wildman–Crippen MR) is 39.6 cm³/mol. The molecule has 1 aliphatic rings. The minimum atomic E-state index is 0.681. The molecule has 2 heterocycles. The summed E-state index contributed by atoms with van der Waals surface area (Å²) in [7, 11) is 0. The van der Waals surface area contributed by atoms with E-state index in [0.717, 1.165) is 23.3 Å². The first-order valence-electron chi connectivity index (χ1n) is 3.16. The molecule has 0 saturated carbocycles. The maximum Gasteiger partial charge on any atom is 0.0897 e. The number of hydrogen-bond acceptors (Lipinski definition) is 2. The quantitative estimate of drug-likeness (QED) is 0.632. The van der Waals surface area contributed by atoms with Crippen LogP contribution in [-0.4, -0.2) is 16.4 Å². The molecule has 1 aromatic heterocycles. The van der Waals surface area contributed by atoms with Crippen molar-refractivity contribution in [2.75, 3.05) is 6.61 Å². The molecule has 0 unspecified atom stereocenters. The zero-order valence-corrected chi connectivity index (χ0v) is 6.97. The van der Waals surface area contributed by atoms with Crippen LogP contribution in [0.25, 0.3) is 0 Å². The molecule has 0 radical (unpaired) electrons. The van der Waals surface area contributed by atoms with E-state index in [9.17, 15) is 0 Å². The third kappa shape index (κ3) is 0.876. The van der Waals surface area contributed by atoms with Crippen LogP contribution in [-0.2, 0) is 17.9 Å². The van der Waals surface area contributed by atoms with Crippen molar-refractivity contribution in [3.05, 3.63) is 16.4 Å². The van der Waals surface area contributed by atoms with E-state index >= 15 is 0 Å². The lowest BCUT2D eigenvalue weighted by atomic mass is 10.4. The molecule has 0 aromatic carbocycles. The van der Waals surface area contributed by atoms with Gasteiger partial charge in [0.15, 0.2) is 0 Å². The summed E-state index contributed by atoms with van der Waals surface area (Å²) < 4.78 is 8.26. The van der Waals surface area contributed by atoms with E-state index in [4.69, 9.17) is 4.74 Å². The number of ether oxygens (including phenoxy) is 1. The van der Waals surface area contributed by atoms with Gasteiger partial charge in [0.05, 0.1) is 36.1 Å². The summed E-state index contributed by atoms with van der Waals surface area (Å²) in [5, 5.41) is 4.15. The van der Waals surface area contributed by atoms with E-state index in [-0.39, 0.29) is 0 Å². The molecular formula is C6H7BrN2O. The second-order valence-corrected chi connectivity index (χ2v) is 3.07. The van der Waals surface area contributed by atoms with Gasteiger partial charge in [-0.2, -0.15) is 5.10 Å². The fourth-order valence-electron chi connectivity index (χ4n) is 1.04. The minimum absolute atomic E-state index is 0.681. The SMILES string of the molecule is Brc1cnn2c1COCC2. The van der Waals surface area contributed by atoms with Crippen molar-refractivity contribution in [3.63, 3.8) is 0 Å². The Kier molecular flexibility index (Phi) is 1.50. The Labute approximate surface area is 67.1 Å². The molecule has 1 aromatic rings. The summed E-state index contributed by atoms with van der Waals surface area (Å²) in [6, 6.07) is 0. The monoisotopic (exact) mass is 202 g/mol. The first kappa shape index (κ1) is 6.37. The number of aromatic nitrogens is 2. The zero-order chi connectivity index (χ0) is 6.97. The van der Waals surface area contributed by atoms with Crippen molar-refractivity contribution in [2.45, 2.75) is 13.2 Å². The average Bonchev–Trinajstić information content (AvgIpc) is 2.34. The fourth-order valence-corrected chi connectivity index (χ4v) is 1.45. The van der Waals surface area contributed by atoms with Crippen molar-refractivity contribution in [3.8, 4) is 0 Å². The van der Waals surface area contributed by atoms with Crippen molar-refractivity contribution < 1.29 is 4.74 Å². The van der Waals surface area contributed by atoms with Crippen LogP contribution in [0, 0.1) is 0 Å². The lowest BCUT2D eigenvalue weighted by Gasteiger charge is -2.13. The van der Waals surface area contributed by atoms with Gasteiger partial charge in [-0.25, -0.2) is 0 Å². The molecule has 1 aliphatic heterocycles. The van der Waals surface area contributed by atoms with Crippen molar-refractivity contribution in [2.24, 2.45) is 0 Å². The molecule has 2 rings (SSSR count). The van der Waals surface area contributed by atoms with Gasteiger partial charge in [-0.3, -0.25) is 4.68 Å². The normalized spacial score (nSPS) is 16.9. The van der Waals surface area contributed by atoms with Crippen LogP contribution in [0.4, 0.5) is 0 Å². The smallest absolute Gasteiger partial charge is 0.0897 e. The van der Waals surface area contributed by atoms with Crippen LogP contribution in [0.5, 0.6) is 0 Å². The van der Waals surface area contributed by atoms with Crippen LogP contribution >= 0.6 is 15.9 Å². The van der Waals surface area contributed by atoms with Crippen LogP contribution in [0.3, 0.4) is 0 Å². The molecule has 0 fully saturated rings. The molecule has 0 spiro atoms. The minimum Gasteiger partial charge on any atom is -0.373 e. The Morgan fingerprint density at radius 2 is 2.60 bits per heavy atom. The lowest BCUT2D eigenvalue weighted by molar-refractivity contribution is 0.0795. The van der Waals surface area contributed by atoms with Crippen molar-refractivity contribution in [1.29, 1.82) is 0 Å². The van der Waals surface area contributed by atoms with Gasteiger partial charge in [0.2, 0.25) is 0 Å². The molecule has 0 saturated heterocycles. The number of halogens is 1.